The highest BCUT2D eigenvalue weighted by Crippen LogP contribution is 2.27. The Bertz CT molecular complexity index is 607. The largest absolute Gasteiger partial charge is 0.362 e. The first kappa shape index (κ1) is 17.4. The minimum atomic E-state index is 0.432. The number of nitrogens with one attached hydrogen (secondary N) is 2. The number of nitrogens with zero attached hydrogens (tertiary/aromatic N) is 1. The summed E-state index contributed by atoms with van der Waals surface area (Å²) in [5.41, 5.74) is 1.33. The molecule has 0 spiro atoms. The van der Waals surface area contributed by atoms with Crippen molar-refractivity contribution in [3.63, 3.8) is 0 Å². The zero-order chi connectivity index (χ0) is 16.6. The SMILES string of the molecule is S=C(NCCc1ccccc1)NC[C@H](c1cccs1)N1CCCC1. The Morgan fingerprint density at radius 2 is 1.88 bits per heavy atom. The lowest BCUT2D eigenvalue weighted by Gasteiger charge is -2.27. The van der Waals surface area contributed by atoms with Gasteiger partial charge < -0.3 is 10.6 Å². The lowest BCUT2D eigenvalue weighted by atomic mass is 10.1. The van der Waals surface area contributed by atoms with E-state index in [9.17, 15) is 0 Å². The number of likely N-dealkylation sites (tertiary alicyclic amines) is 1. The molecule has 0 bridgehead atoms. The van der Waals surface area contributed by atoms with E-state index in [1.54, 1.807) is 0 Å². The van der Waals surface area contributed by atoms with Crippen LogP contribution in [-0.4, -0.2) is 36.2 Å². The van der Waals surface area contributed by atoms with Crippen LogP contribution in [-0.2, 0) is 6.42 Å². The lowest BCUT2D eigenvalue weighted by Crippen LogP contribution is -2.41. The minimum absolute atomic E-state index is 0.432. The highest BCUT2D eigenvalue weighted by atomic mass is 32.1. The molecule has 2 heterocycles. The van der Waals surface area contributed by atoms with Gasteiger partial charge in [0.25, 0.3) is 0 Å². The number of hydrogen-bond donors (Lipinski definition) is 2. The van der Waals surface area contributed by atoms with E-state index < -0.39 is 0 Å². The van der Waals surface area contributed by atoms with E-state index >= 15 is 0 Å². The average molecular weight is 360 g/mol. The third kappa shape index (κ3) is 5.03. The molecule has 1 fully saturated rings. The van der Waals surface area contributed by atoms with Gasteiger partial charge >= 0.3 is 0 Å². The van der Waals surface area contributed by atoms with Crippen molar-refractivity contribution in [2.24, 2.45) is 0 Å². The number of thiophene rings is 1. The number of rotatable bonds is 7. The van der Waals surface area contributed by atoms with Gasteiger partial charge in [0, 0.05) is 18.0 Å². The Morgan fingerprint density at radius 3 is 2.58 bits per heavy atom. The Hall–Kier alpha value is -1.43. The van der Waals surface area contributed by atoms with Crippen LogP contribution in [0.4, 0.5) is 0 Å². The van der Waals surface area contributed by atoms with Gasteiger partial charge in [0.15, 0.2) is 5.11 Å². The quantitative estimate of drug-likeness (QED) is 0.739. The maximum absolute atomic E-state index is 5.45. The molecule has 24 heavy (non-hydrogen) atoms. The highest BCUT2D eigenvalue weighted by molar-refractivity contribution is 7.80. The molecule has 3 rings (SSSR count). The molecule has 0 radical (unpaired) electrons. The zero-order valence-corrected chi connectivity index (χ0v) is 15.5. The van der Waals surface area contributed by atoms with Crippen LogP contribution < -0.4 is 10.6 Å². The molecule has 0 unspecified atom stereocenters. The van der Waals surface area contributed by atoms with Crippen LogP contribution in [0.25, 0.3) is 0 Å². The fourth-order valence-corrected chi connectivity index (χ4v) is 4.21. The molecule has 1 saturated heterocycles. The topological polar surface area (TPSA) is 27.3 Å². The van der Waals surface area contributed by atoms with Gasteiger partial charge in [-0.2, -0.15) is 0 Å². The van der Waals surface area contributed by atoms with E-state index in [-0.39, 0.29) is 0 Å². The summed E-state index contributed by atoms with van der Waals surface area (Å²) in [5, 5.41) is 9.66. The standard InChI is InChI=1S/C19H25N3S2/c23-19(20-11-10-16-7-2-1-3-8-16)21-15-17(18-9-6-14-24-18)22-12-4-5-13-22/h1-3,6-9,14,17H,4-5,10-13,15H2,(H2,20,21,23)/t17-/m1/s1. The minimum Gasteiger partial charge on any atom is -0.362 e. The van der Waals surface area contributed by atoms with Crippen LogP contribution in [0.3, 0.4) is 0 Å². The van der Waals surface area contributed by atoms with Crippen molar-refractivity contribution in [2.45, 2.75) is 25.3 Å². The van der Waals surface area contributed by atoms with Crippen LogP contribution in [0.2, 0.25) is 0 Å². The normalized spacial score (nSPS) is 16.0. The predicted octanol–water partition coefficient (Wildman–Crippen LogP) is 3.59. The van der Waals surface area contributed by atoms with Gasteiger partial charge in [-0.1, -0.05) is 36.4 Å². The van der Waals surface area contributed by atoms with Gasteiger partial charge in [0.1, 0.15) is 0 Å². The van der Waals surface area contributed by atoms with Crippen LogP contribution in [0, 0.1) is 0 Å². The van der Waals surface area contributed by atoms with Crippen LogP contribution >= 0.6 is 23.6 Å². The molecule has 5 heteroatoms. The molecule has 2 aromatic rings. The molecule has 1 aliphatic heterocycles. The number of benzene rings is 1. The van der Waals surface area contributed by atoms with E-state index in [1.807, 2.05) is 17.4 Å². The summed E-state index contributed by atoms with van der Waals surface area (Å²) in [6, 6.07) is 15.3. The maximum atomic E-state index is 5.45. The van der Waals surface area contributed by atoms with Gasteiger partial charge in [-0.3, -0.25) is 4.90 Å². The molecule has 1 aromatic heterocycles. The first-order valence-electron chi connectivity index (χ1n) is 8.66. The third-order valence-corrected chi connectivity index (χ3v) is 5.71. The molecule has 0 aliphatic carbocycles. The second-order valence-electron chi connectivity index (χ2n) is 6.15. The Kier molecular flexibility index (Phi) is 6.64. The predicted molar refractivity (Wildman–Crippen MR) is 107 cm³/mol. The van der Waals surface area contributed by atoms with Gasteiger partial charge in [-0.15, -0.1) is 11.3 Å². The van der Waals surface area contributed by atoms with Gasteiger partial charge in [-0.05, 0) is 61.6 Å². The van der Waals surface area contributed by atoms with Crippen molar-refractivity contribution in [1.82, 2.24) is 15.5 Å². The smallest absolute Gasteiger partial charge is 0.166 e. The molecular weight excluding hydrogens is 334 g/mol. The van der Waals surface area contributed by atoms with E-state index in [4.69, 9.17) is 12.2 Å². The Morgan fingerprint density at radius 1 is 1.08 bits per heavy atom. The molecule has 3 nitrogen and oxygen atoms in total. The Balaban J connectivity index is 1.44. The van der Waals surface area contributed by atoms with Gasteiger partial charge in [-0.25, -0.2) is 0 Å². The summed E-state index contributed by atoms with van der Waals surface area (Å²) < 4.78 is 0. The zero-order valence-electron chi connectivity index (χ0n) is 13.9. The van der Waals surface area contributed by atoms with Gasteiger partial charge in [0.2, 0.25) is 0 Å². The molecule has 2 N–H and O–H groups in total. The molecule has 0 amide bonds. The molecule has 1 aromatic carbocycles. The summed E-state index contributed by atoms with van der Waals surface area (Å²) >= 11 is 7.29. The fraction of sp³-hybridized carbons (Fsp3) is 0.421. The molecule has 1 aliphatic rings. The Labute approximate surface area is 154 Å². The van der Waals surface area contributed by atoms with E-state index in [2.05, 4.69) is 57.3 Å². The van der Waals surface area contributed by atoms with Gasteiger partial charge in [0.05, 0.1) is 6.04 Å². The lowest BCUT2D eigenvalue weighted by molar-refractivity contribution is 0.249. The molecule has 1 atom stereocenters. The first-order valence-corrected chi connectivity index (χ1v) is 9.95. The number of hydrogen-bond acceptors (Lipinski definition) is 3. The van der Waals surface area contributed by atoms with E-state index in [0.717, 1.165) is 24.6 Å². The van der Waals surface area contributed by atoms with Crippen LogP contribution in [0.5, 0.6) is 0 Å². The summed E-state index contributed by atoms with van der Waals surface area (Å²) in [4.78, 5) is 4.00. The highest BCUT2D eigenvalue weighted by Gasteiger charge is 2.24. The summed E-state index contributed by atoms with van der Waals surface area (Å²) in [6.07, 6.45) is 3.60. The molecular formula is C19H25N3S2. The third-order valence-electron chi connectivity index (χ3n) is 4.45. The van der Waals surface area contributed by atoms with E-state index in [0.29, 0.717) is 6.04 Å². The molecule has 128 valence electrons. The average Bonchev–Trinajstić information content (AvgIpc) is 3.30. The van der Waals surface area contributed by atoms with E-state index in [1.165, 1.54) is 36.4 Å². The maximum Gasteiger partial charge on any atom is 0.166 e. The fourth-order valence-electron chi connectivity index (χ4n) is 3.16. The van der Waals surface area contributed by atoms with Crippen molar-refractivity contribution < 1.29 is 0 Å². The molecule has 0 saturated carbocycles. The second kappa shape index (κ2) is 9.16. The van der Waals surface area contributed by atoms with Crippen molar-refractivity contribution in [2.75, 3.05) is 26.2 Å². The van der Waals surface area contributed by atoms with Crippen molar-refractivity contribution >= 4 is 28.7 Å². The van der Waals surface area contributed by atoms with Crippen molar-refractivity contribution in [3.8, 4) is 0 Å². The summed E-state index contributed by atoms with van der Waals surface area (Å²) in [5.74, 6) is 0. The monoisotopic (exact) mass is 359 g/mol. The number of thiocarbonyl (C=S) groups is 1. The van der Waals surface area contributed by atoms with Crippen molar-refractivity contribution in [3.05, 3.63) is 58.3 Å². The second-order valence-corrected chi connectivity index (χ2v) is 7.53. The van der Waals surface area contributed by atoms with Crippen LogP contribution in [0.1, 0.15) is 29.3 Å². The summed E-state index contributed by atoms with van der Waals surface area (Å²) in [7, 11) is 0. The van der Waals surface area contributed by atoms with Crippen molar-refractivity contribution in [1.29, 1.82) is 0 Å². The van der Waals surface area contributed by atoms with Crippen LogP contribution in [0.15, 0.2) is 47.8 Å². The summed E-state index contributed by atoms with van der Waals surface area (Å²) in [6.45, 7) is 4.12. The first-order chi connectivity index (χ1) is 11.8.